The number of hydrogen-bond acceptors (Lipinski definition) is 4. The van der Waals surface area contributed by atoms with Crippen LogP contribution in [-0.2, 0) is 11.2 Å². The number of para-hydroxylation sites is 1. The lowest BCUT2D eigenvalue weighted by atomic mass is 10.1. The largest absolute Gasteiger partial charge is 0.492 e. The molecule has 0 aromatic heterocycles. The lowest BCUT2D eigenvalue weighted by Crippen LogP contribution is -2.32. The second-order valence-electron chi connectivity index (χ2n) is 6.24. The molecule has 25 heavy (non-hydrogen) atoms. The minimum atomic E-state index is -0.420. The molecule has 1 heterocycles. The molecule has 5 heteroatoms. The van der Waals surface area contributed by atoms with E-state index in [0.717, 1.165) is 34.9 Å². The normalized spacial score (nSPS) is 16.5. The van der Waals surface area contributed by atoms with Gasteiger partial charge in [0.15, 0.2) is 0 Å². The van der Waals surface area contributed by atoms with Crippen molar-refractivity contribution >= 4 is 17.3 Å². The minimum Gasteiger partial charge on any atom is -0.492 e. The van der Waals surface area contributed by atoms with Gasteiger partial charge >= 0.3 is 0 Å². The second-order valence-corrected chi connectivity index (χ2v) is 6.24. The maximum atomic E-state index is 12.4. The molecule has 0 saturated heterocycles. The average Bonchev–Trinajstić information content (AvgIpc) is 2.95. The van der Waals surface area contributed by atoms with Gasteiger partial charge in [-0.3, -0.25) is 4.79 Å². The van der Waals surface area contributed by atoms with Gasteiger partial charge in [0, 0.05) is 23.7 Å². The number of benzene rings is 2. The van der Waals surface area contributed by atoms with E-state index in [2.05, 4.69) is 10.6 Å². The average molecular weight is 340 g/mol. The van der Waals surface area contributed by atoms with Gasteiger partial charge in [-0.05, 0) is 39.0 Å². The molecule has 0 aliphatic carbocycles. The summed E-state index contributed by atoms with van der Waals surface area (Å²) >= 11 is 0. The highest BCUT2D eigenvalue weighted by molar-refractivity contribution is 5.96. The fourth-order valence-electron chi connectivity index (χ4n) is 2.90. The van der Waals surface area contributed by atoms with Gasteiger partial charge in [-0.25, -0.2) is 0 Å². The van der Waals surface area contributed by atoms with Crippen LogP contribution >= 0.6 is 0 Å². The topological polar surface area (TPSA) is 59.6 Å². The third-order valence-corrected chi connectivity index (χ3v) is 4.10. The predicted molar refractivity (Wildman–Crippen MR) is 99.6 cm³/mol. The van der Waals surface area contributed by atoms with E-state index in [9.17, 15) is 4.79 Å². The van der Waals surface area contributed by atoms with E-state index in [-0.39, 0.29) is 12.0 Å². The maximum Gasteiger partial charge on any atom is 0.246 e. The van der Waals surface area contributed by atoms with Crippen molar-refractivity contribution in [3.8, 4) is 11.5 Å². The molecule has 0 radical (unpaired) electrons. The van der Waals surface area contributed by atoms with Crippen molar-refractivity contribution in [1.82, 2.24) is 0 Å². The number of rotatable bonds is 6. The van der Waals surface area contributed by atoms with E-state index in [4.69, 9.17) is 9.47 Å². The molecule has 0 fully saturated rings. The van der Waals surface area contributed by atoms with Gasteiger partial charge in [-0.2, -0.15) is 0 Å². The zero-order valence-corrected chi connectivity index (χ0v) is 14.8. The van der Waals surface area contributed by atoms with Crippen molar-refractivity contribution in [2.24, 2.45) is 0 Å². The van der Waals surface area contributed by atoms with Crippen LogP contribution in [0.4, 0.5) is 11.4 Å². The van der Waals surface area contributed by atoms with E-state index in [0.29, 0.717) is 6.61 Å². The molecule has 3 rings (SSSR count). The highest BCUT2D eigenvalue weighted by Gasteiger charge is 2.23. The van der Waals surface area contributed by atoms with E-state index in [1.54, 1.807) is 0 Å². The van der Waals surface area contributed by atoms with E-state index in [1.165, 1.54) is 0 Å². The van der Waals surface area contributed by atoms with E-state index in [1.807, 2.05) is 63.2 Å². The van der Waals surface area contributed by atoms with Crippen LogP contribution in [-0.4, -0.2) is 24.7 Å². The first-order chi connectivity index (χ1) is 12.1. The lowest BCUT2D eigenvalue weighted by molar-refractivity contribution is -0.116. The van der Waals surface area contributed by atoms with Gasteiger partial charge in [-0.15, -0.1) is 0 Å². The summed E-state index contributed by atoms with van der Waals surface area (Å²) in [4.78, 5) is 12.4. The summed E-state index contributed by atoms with van der Waals surface area (Å²) < 4.78 is 11.6. The molecule has 1 aliphatic rings. The van der Waals surface area contributed by atoms with Gasteiger partial charge in [0.1, 0.15) is 23.6 Å². The smallest absolute Gasteiger partial charge is 0.246 e. The Bertz CT molecular complexity index is 746. The van der Waals surface area contributed by atoms with Gasteiger partial charge < -0.3 is 20.1 Å². The van der Waals surface area contributed by atoms with E-state index < -0.39 is 6.04 Å². The fourth-order valence-corrected chi connectivity index (χ4v) is 2.90. The summed E-state index contributed by atoms with van der Waals surface area (Å²) in [5.41, 5.74) is 2.69. The molecule has 1 aliphatic heterocycles. The first-order valence-corrected chi connectivity index (χ1v) is 8.65. The summed E-state index contributed by atoms with van der Waals surface area (Å²) in [5, 5.41) is 6.14. The monoisotopic (exact) mass is 340 g/mol. The Balaban J connectivity index is 1.75. The van der Waals surface area contributed by atoms with Crippen LogP contribution in [0, 0.1) is 0 Å². The Labute approximate surface area is 148 Å². The van der Waals surface area contributed by atoms with Crippen LogP contribution in [0.15, 0.2) is 42.5 Å². The van der Waals surface area contributed by atoms with Crippen molar-refractivity contribution in [3.05, 3.63) is 48.0 Å². The Morgan fingerprint density at radius 3 is 2.80 bits per heavy atom. The van der Waals surface area contributed by atoms with Crippen LogP contribution in [0.5, 0.6) is 11.5 Å². The van der Waals surface area contributed by atoms with Crippen LogP contribution in [0.1, 0.15) is 26.3 Å². The fraction of sp³-hybridized carbons (Fsp3) is 0.350. The summed E-state index contributed by atoms with van der Waals surface area (Å²) in [6, 6.07) is 12.9. The van der Waals surface area contributed by atoms with Crippen molar-refractivity contribution in [2.45, 2.75) is 39.3 Å². The van der Waals surface area contributed by atoms with Crippen molar-refractivity contribution < 1.29 is 14.3 Å². The molecule has 0 spiro atoms. The third kappa shape index (κ3) is 4.05. The van der Waals surface area contributed by atoms with Crippen LogP contribution in [0.2, 0.25) is 0 Å². The molecule has 2 aromatic rings. The standard InChI is InChI=1S/C20H24N2O3/c1-4-24-19-11-15-10-13(2)25-18(15)12-17(19)21-14(3)20(23)22-16-8-6-5-7-9-16/h5-9,11-14,21H,4,10H2,1-3H3,(H,22,23)/t13-,14-/m0/s1. The Kier molecular flexibility index (Phi) is 5.12. The van der Waals surface area contributed by atoms with Crippen molar-refractivity contribution in [3.63, 3.8) is 0 Å². The third-order valence-electron chi connectivity index (χ3n) is 4.10. The molecule has 5 nitrogen and oxygen atoms in total. The molecule has 1 amide bonds. The Hall–Kier alpha value is -2.69. The molecule has 2 aromatic carbocycles. The Morgan fingerprint density at radius 1 is 1.32 bits per heavy atom. The number of anilines is 2. The van der Waals surface area contributed by atoms with E-state index >= 15 is 0 Å². The zero-order valence-electron chi connectivity index (χ0n) is 14.8. The minimum absolute atomic E-state index is 0.108. The maximum absolute atomic E-state index is 12.4. The van der Waals surface area contributed by atoms with Gasteiger partial charge in [0.25, 0.3) is 0 Å². The lowest BCUT2D eigenvalue weighted by Gasteiger charge is -2.19. The number of fused-ring (bicyclic) bond motifs is 1. The first kappa shape index (κ1) is 17.1. The molecule has 0 unspecified atom stereocenters. The molecular weight excluding hydrogens is 316 g/mol. The number of amides is 1. The van der Waals surface area contributed by atoms with Crippen molar-refractivity contribution in [1.29, 1.82) is 0 Å². The number of nitrogens with one attached hydrogen (secondary N) is 2. The number of carbonyl (C=O) groups is 1. The molecule has 132 valence electrons. The quantitative estimate of drug-likeness (QED) is 0.839. The summed E-state index contributed by atoms with van der Waals surface area (Å²) in [6.07, 6.45) is 1.04. The SMILES string of the molecule is CCOc1cc2c(cc1N[C@@H](C)C(=O)Nc1ccccc1)O[C@@H](C)C2. The molecule has 0 bridgehead atoms. The molecule has 2 N–H and O–H groups in total. The van der Waals surface area contributed by atoms with Gasteiger partial charge in [0.05, 0.1) is 12.3 Å². The van der Waals surface area contributed by atoms with Crippen LogP contribution in [0.25, 0.3) is 0 Å². The Morgan fingerprint density at radius 2 is 2.08 bits per heavy atom. The number of ether oxygens (including phenoxy) is 2. The predicted octanol–water partition coefficient (Wildman–Crippen LogP) is 3.85. The molecular formula is C20H24N2O3. The second kappa shape index (κ2) is 7.47. The highest BCUT2D eigenvalue weighted by atomic mass is 16.5. The summed E-state index contributed by atoms with van der Waals surface area (Å²) in [7, 11) is 0. The highest BCUT2D eigenvalue weighted by Crippen LogP contribution is 2.38. The summed E-state index contributed by atoms with van der Waals surface area (Å²) in [6.45, 7) is 6.38. The summed E-state index contributed by atoms with van der Waals surface area (Å²) in [5.74, 6) is 1.50. The van der Waals surface area contributed by atoms with Gasteiger partial charge in [-0.1, -0.05) is 18.2 Å². The number of hydrogen-bond donors (Lipinski definition) is 2. The molecule has 2 atom stereocenters. The zero-order chi connectivity index (χ0) is 17.8. The van der Waals surface area contributed by atoms with Crippen molar-refractivity contribution in [2.75, 3.05) is 17.2 Å². The van der Waals surface area contributed by atoms with Gasteiger partial charge in [0.2, 0.25) is 5.91 Å². The first-order valence-electron chi connectivity index (χ1n) is 8.65. The molecule has 0 saturated carbocycles. The van der Waals surface area contributed by atoms with Crippen LogP contribution < -0.4 is 20.1 Å². The van der Waals surface area contributed by atoms with Crippen LogP contribution in [0.3, 0.4) is 0 Å². The number of carbonyl (C=O) groups excluding carboxylic acids is 1.